The van der Waals surface area contributed by atoms with Crippen molar-refractivity contribution < 1.29 is 14.3 Å². The van der Waals surface area contributed by atoms with Crippen LogP contribution in [0.1, 0.15) is 36.2 Å². The van der Waals surface area contributed by atoms with Gasteiger partial charge < -0.3 is 19.1 Å². The molecule has 0 bridgehead atoms. The van der Waals surface area contributed by atoms with Crippen molar-refractivity contribution in [3.63, 3.8) is 0 Å². The molecule has 168 valence electrons. The van der Waals surface area contributed by atoms with E-state index in [1.807, 2.05) is 6.07 Å². The molecule has 0 aliphatic carbocycles. The molecule has 0 saturated carbocycles. The average Bonchev–Trinajstić information content (AvgIpc) is 3.39. The van der Waals surface area contributed by atoms with Gasteiger partial charge in [0.1, 0.15) is 17.6 Å². The number of rotatable bonds is 7. The summed E-state index contributed by atoms with van der Waals surface area (Å²) in [6.45, 7) is 4.06. The number of imidazole rings is 1. The lowest BCUT2D eigenvalue weighted by Crippen LogP contribution is -2.36. The number of hydrogen-bond acceptors (Lipinski definition) is 4. The number of halogens is 1. The SMILES string of the molecule is C#CCn1c(-c2cc3cccc4c3n2C(CC)CN4CCCO)nc2cc(C=O)cc(F)c21. The first kappa shape index (κ1) is 21.2. The fourth-order valence-corrected chi connectivity index (χ4v) is 5.04. The third kappa shape index (κ3) is 3.30. The van der Waals surface area contributed by atoms with Gasteiger partial charge in [-0.3, -0.25) is 4.79 Å². The van der Waals surface area contributed by atoms with Crippen molar-refractivity contribution in [1.29, 1.82) is 0 Å². The molecule has 6 nitrogen and oxygen atoms in total. The largest absolute Gasteiger partial charge is 0.396 e. The molecule has 2 aromatic heterocycles. The van der Waals surface area contributed by atoms with Crippen LogP contribution in [-0.4, -0.2) is 45.2 Å². The molecule has 1 atom stereocenters. The third-order valence-electron chi connectivity index (χ3n) is 6.47. The summed E-state index contributed by atoms with van der Waals surface area (Å²) >= 11 is 0. The van der Waals surface area contributed by atoms with Crippen molar-refractivity contribution in [2.45, 2.75) is 32.4 Å². The topological polar surface area (TPSA) is 63.3 Å². The van der Waals surface area contributed by atoms with Crippen LogP contribution in [0.25, 0.3) is 33.5 Å². The summed E-state index contributed by atoms with van der Waals surface area (Å²) in [5, 5.41) is 10.4. The highest BCUT2D eigenvalue weighted by Gasteiger charge is 2.30. The zero-order valence-corrected chi connectivity index (χ0v) is 18.5. The molecule has 2 aromatic carbocycles. The van der Waals surface area contributed by atoms with Crippen molar-refractivity contribution in [1.82, 2.24) is 14.1 Å². The number of para-hydroxylation sites is 1. The highest BCUT2D eigenvalue weighted by molar-refractivity contribution is 5.97. The number of carbonyl (C=O) groups is 1. The van der Waals surface area contributed by atoms with Crippen LogP contribution in [-0.2, 0) is 6.54 Å². The lowest BCUT2D eigenvalue weighted by atomic mass is 10.1. The van der Waals surface area contributed by atoms with E-state index >= 15 is 0 Å². The molecular formula is C26H25FN4O2. The van der Waals surface area contributed by atoms with E-state index in [-0.39, 0.29) is 24.8 Å². The number of aliphatic hydroxyl groups is 1. The van der Waals surface area contributed by atoms with Gasteiger partial charge in [-0.1, -0.05) is 25.0 Å². The number of anilines is 1. The number of aldehydes is 1. The van der Waals surface area contributed by atoms with Gasteiger partial charge in [0.25, 0.3) is 0 Å². The lowest BCUT2D eigenvalue weighted by molar-refractivity contribution is 0.112. The van der Waals surface area contributed by atoms with Crippen LogP contribution >= 0.6 is 0 Å². The Labute approximate surface area is 191 Å². The molecule has 0 saturated heterocycles. The van der Waals surface area contributed by atoms with Crippen molar-refractivity contribution in [2.24, 2.45) is 0 Å². The molecular weight excluding hydrogens is 419 g/mol. The number of benzene rings is 2. The number of nitrogens with zero attached hydrogens (tertiary/aromatic N) is 4. The number of carbonyl (C=O) groups excluding carboxylic acids is 1. The Balaban J connectivity index is 1.80. The molecule has 33 heavy (non-hydrogen) atoms. The molecule has 0 fully saturated rings. The minimum absolute atomic E-state index is 0.153. The van der Waals surface area contributed by atoms with E-state index in [0.717, 1.165) is 41.8 Å². The van der Waals surface area contributed by atoms with E-state index in [2.05, 4.69) is 40.5 Å². The van der Waals surface area contributed by atoms with Crippen molar-refractivity contribution in [2.75, 3.05) is 24.6 Å². The van der Waals surface area contributed by atoms with E-state index in [0.29, 0.717) is 29.6 Å². The Morgan fingerprint density at radius 1 is 1.30 bits per heavy atom. The first-order chi connectivity index (χ1) is 16.1. The van der Waals surface area contributed by atoms with Crippen molar-refractivity contribution in [3.05, 3.63) is 47.8 Å². The summed E-state index contributed by atoms with van der Waals surface area (Å²) in [5.41, 5.74) is 4.06. The van der Waals surface area contributed by atoms with Crippen molar-refractivity contribution in [3.8, 4) is 23.9 Å². The quantitative estimate of drug-likeness (QED) is 0.339. The van der Waals surface area contributed by atoms with Gasteiger partial charge in [-0.05, 0) is 37.1 Å². The second-order valence-electron chi connectivity index (χ2n) is 8.41. The summed E-state index contributed by atoms with van der Waals surface area (Å²) < 4.78 is 19.0. The summed E-state index contributed by atoms with van der Waals surface area (Å²) in [6, 6.07) is 11.3. The molecule has 0 radical (unpaired) electrons. The first-order valence-corrected chi connectivity index (χ1v) is 11.2. The molecule has 4 aromatic rings. The van der Waals surface area contributed by atoms with E-state index in [1.165, 1.54) is 6.07 Å². The highest BCUT2D eigenvalue weighted by Crippen LogP contribution is 2.42. The molecule has 7 heteroatoms. The average molecular weight is 445 g/mol. The molecule has 5 rings (SSSR count). The predicted octanol–water partition coefficient (Wildman–Crippen LogP) is 4.40. The molecule has 1 aliphatic heterocycles. The van der Waals surface area contributed by atoms with E-state index in [9.17, 15) is 14.3 Å². The smallest absolute Gasteiger partial charge is 0.158 e. The number of aliphatic hydroxyl groups excluding tert-OH is 1. The normalized spacial score (nSPS) is 15.3. The lowest BCUT2D eigenvalue weighted by Gasteiger charge is -2.36. The number of hydrogen-bond donors (Lipinski definition) is 1. The Morgan fingerprint density at radius 3 is 2.88 bits per heavy atom. The Morgan fingerprint density at radius 2 is 2.15 bits per heavy atom. The summed E-state index contributed by atoms with van der Waals surface area (Å²) in [5.74, 6) is 2.71. The first-order valence-electron chi connectivity index (χ1n) is 11.2. The Hall–Kier alpha value is -3.63. The summed E-state index contributed by atoms with van der Waals surface area (Å²) in [6.07, 6.45) is 7.88. The van der Waals surface area contributed by atoms with E-state index < -0.39 is 5.82 Å². The van der Waals surface area contributed by atoms with E-state index in [1.54, 1.807) is 10.6 Å². The maximum atomic E-state index is 15.0. The van der Waals surface area contributed by atoms with Crippen LogP contribution in [0, 0.1) is 18.2 Å². The summed E-state index contributed by atoms with van der Waals surface area (Å²) in [7, 11) is 0. The molecule has 0 spiro atoms. The highest BCUT2D eigenvalue weighted by atomic mass is 19.1. The van der Waals surface area contributed by atoms with Gasteiger partial charge >= 0.3 is 0 Å². The van der Waals surface area contributed by atoms with Crippen LogP contribution < -0.4 is 4.90 Å². The molecule has 1 N–H and O–H groups in total. The molecule has 1 aliphatic rings. The zero-order valence-electron chi connectivity index (χ0n) is 18.5. The fourth-order valence-electron chi connectivity index (χ4n) is 5.04. The van der Waals surface area contributed by atoms with Gasteiger partial charge in [-0.2, -0.15) is 0 Å². The van der Waals surface area contributed by atoms with Gasteiger partial charge in [0.2, 0.25) is 0 Å². The number of aromatic nitrogens is 3. The number of terminal acetylenes is 1. The van der Waals surface area contributed by atoms with Crippen LogP contribution in [0.3, 0.4) is 0 Å². The third-order valence-corrected chi connectivity index (χ3v) is 6.47. The second-order valence-corrected chi connectivity index (χ2v) is 8.41. The van der Waals surface area contributed by atoms with Gasteiger partial charge in [-0.25, -0.2) is 9.37 Å². The fraction of sp³-hybridized carbons (Fsp3) is 0.308. The molecule has 1 unspecified atom stereocenters. The Bertz CT molecular complexity index is 1410. The van der Waals surface area contributed by atoms with Crippen molar-refractivity contribution >= 4 is 33.9 Å². The standard InChI is InChI=1S/C26H25FN4O2/c1-3-9-30-25-20(27)12-17(16-33)13-21(25)28-26(30)23-14-18-7-5-8-22-24(18)31(23)19(4-2)15-29(22)10-6-11-32/h1,5,7-8,12-14,16,19,32H,4,6,9-11,15H2,2H3. The minimum atomic E-state index is -0.513. The minimum Gasteiger partial charge on any atom is -0.396 e. The molecule has 0 amide bonds. The monoisotopic (exact) mass is 444 g/mol. The van der Waals surface area contributed by atoms with Crippen LogP contribution in [0.4, 0.5) is 10.1 Å². The molecule has 3 heterocycles. The van der Waals surface area contributed by atoms with Gasteiger partial charge in [0.15, 0.2) is 5.82 Å². The predicted molar refractivity (Wildman–Crippen MR) is 128 cm³/mol. The maximum absolute atomic E-state index is 15.0. The van der Waals surface area contributed by atoms with Crippen LogP contribution in [0.5, 0.6) is 0 Å². The summed E-state index contributed by atoms with van der Waals surface area (Å²) in [4.78, 5) is 18.4. The van der Waals surface area contributed by atoms with Gasteiger partial charge in [0, 0.05) is 30.6 Å². The van der Waals surface area contributed by atoms with Gasteiger partial charge in [-0.15, -0.1) is 6.42 Å². The van der Waals surface area contributed by atoms with Crippen LogP contribution in [0.15, 0.2) is 36.4 Å². The van der Waals surface area contributed by atoms with E-state index in [4.69, 9.17) is 11.4 Å². The second kappa shape index (κ2) is 8.38. The van der Waals surface area contributed by atoms with Crippen LogP contribution in [0.2, 0.25) is 0 Å². The Kier molecular flexibility index (Phi) is 5.39. The number of fused-ring (bicyclic) bond motifs is 1. The zero-order chi connectivity index (χ0) is 23.1. The maximum Gasteiger partial charge on any atom is 0.158 e. The van der Waals surface area contributed by atoms with Gasteiger partial charge in [0.05, 0.1) is 35.0 Å².